The second-order valence-corrected chi connectivity index (χ2v) is 5.29. The van der Waals surface area contributed by atoms with E-state index in [2.05, 4.69) is 9.97 Å². The second kappa shape index (κ2) is 5.71. The third kappa shape index (κ3) is 2.64. The van der Waals surface area contributed by atoms with Crippen LogP contribution in [0.1, 0.15) is 28.0 Å². The minimum Gasteiger partial charge on any atom is -0.462 e. The average Bonchev–Trinajstić information content (AvgIpc) is 2.68. The molecule has 0 spiro atoms. The number of nitrogens with zero attached hydrogens (tertiary/aromatic N) is 1. The first-order valence-corrected chi connectivity index (χ1v) is 7.19. The van der Waals surface area contributed by atoms with Crippen molar-refractivity contribution in [1.29, 1.82) is 0 Å². The van der Waals surface area contributed by atoms with Gasteiger partial charge in [-0.15, -0.1) is 22.9 Å². The molecule has 0 saturated carbocycles. The lowest BCUT2D eigenvalue weighted by Crippen LogP contribution is -2.12. The molecule has 0 fully saturated rings. The summed E-state index contributed by atoms with van der Waals surface area (Å²) in [5.74, 6) is 0.495. The first-order valence-electron chi connectivity index (χ1n) is 5.83. The van der Waals surface area contributed by atoms with Gasteiger partial charge in [-0.05, 0) is 19.4 Å². The van der Waals surface area contributed by atoms with E-state index in [0.29, 0.717) is 45.4 Å². The number of aromatic amines is 1. The molecule has 2 rings (SSSR count). The van der Waals surface area contributed by atoms with Crippen molar-refractivity contribution in [3.8, 4) is 0 Å². The van der Waals surface area contributed by atoms with Crippen LogP contribution in [-0.2, 0) is 11.2 Å². The zero-order valence-corrected chi connectivity index (χ0v) is 12.2. The smallest absolute Gasteiger partial charge is 0.348 e. The van der Waals surface area contributed by atoms with Crippen LogP contribution in [0.3, 0.4) is 0 Å². The van der Waals surface area contributed by atoms with Crippen molar-refractivity contribution in [3.63, 3.8) is 0 Å². The topological polar surface area (TPSA) is 72.0 Å². The van der Waals surface area contributed by atoms with Crippen LogP contribution in [0.25, 0.3) is 10.2 Å². The lowest BCUT2D eigenvalue weighted by molar-refractivity contribution is 0.0531. The third-order valence-corrected chi connectivity index (χ3v) is 4.00. The molecular weight excluding hydrogens is 288 g/mol. The van der Waals surface area contributed by atoms with Crippen LogP contribution in [0.2, 0.25) is 0 Å². The fourth-order valence-electron chi connectivity index (χ4n) is 1.79. The molecule has 0 bridgehead atoms. The largest absolute Gasteiger partial charge is 0.462 e. The van der Waals surface area contributed by atoms with Gasteiger partial charge in [-0.2, -0.15) is 0 Å². The van der Waals surface area contributed by atoms with Crippen LogP contribution in [0.5, 0.6) is 0 Å². The Morgan fingerprint density at radius 2 is 2.26 bits per heavy atom. The molecule has 2 heterocycles. The molecule has 0 amide bonds. The summed E-state index contributed by atoms with van der Waals surface area (Å²) in [4.78, 5) is 31.8. The molecule has 0 aliphatic carbocycles. The van der Waals surface area contributed by atoms with Gasteiger partial charge in [0.25, 0.3) is 5.56 Å². The van der Waals surface area contributed by atoms with Gasteiger partial charge in [0.15, 0.2) is 0 Å². The van der Waals surface area contributed by atoms with E-state index >= 15 is 0 Å². The molecule has 0 unspecified atom stereocenters. The van der Waals surface area contributed by atoms with Crippen LogP contribution < -0.4 is 5.56 Å². The standard InChI is InChI=1S/C12H13ClN2O3S/c1-3-18-12(17)9-6(2)8-10(16)14-7(4-5-13)15-11(8)19-9/h3-5H2,1-2H3,(H,14,15,16). The minimum atomic E-state index is -0.415. The number of carbonyl (C=O) groups excluding carboxylic acids is 1. The van der Waals surface area contributed by atoms with Gasteiger partial charge >= 0.3 is 5.97 Å². The van der Waals surface area contributed by atoms with Crippen LogP contribution in [0, 0.1) is 6.92 Å². The van der Waals surface area contributed by atoms with E-state index in [9.17, 15) is 9.59 Å². The number of esters is 1. The summed E-state index contributed by atoms with van der Waals surface area (Å²) in [7, 11) is 0. The zero-order valence-electron chi connectivity index (χ0n) is 10.6. The predicted octanol–water partition coefficient (Wildman–Crippen LogP) is 2.25. The number of hydrogen-bond acceptors (Lipinski definition) is 5. The number of aryl methyl sites for hydroxylation is 2. The fraction of sp³-hybridized carbons (Fsp3) is 0.417. The van der Waals surface area contributed by atoms with Crippen molar-refractivity contribution in [2.75, 3.05) is 12.5 Å². The number of fused-ring (bicyclic) bond motifs is 1. The Kier molecular flexibility index (Phi) is 4.21. The van der Waals surface area contributed by atoms with E-state index in [0.717, 1.165) is 0 Å². The molecule has 0 aliphatic rings. The Morgan fingerprint density at radius 1 is 1.53 bits per heavy atom. The summed E-state index contributed by atoms with van der Waals surface area (Å²) in [5, 5.41) is 0.450. The van der Waals surface area contributed by atoms with Crippen molar-refractivity contribution in [1.82, 2.24) is 9.97 Å². The van der Waals surface area contributed by atoms with Crippen molar-refractivity contribution < 1.29 is 9.53 Å². The van der Waals surface area contributed by atoms with Crippen molar-refractivity contribution >= 4 is 39.1 Å². The number of ether oxygens (including phenoxy) is 1. The lowest BCUT2D eigenvalue weighted by atomic mass is 10.2. The summed E-state index contributed by atoms with van der Waals surface area (Å²) in [6.45, 7) is 3.77. The Hall–Kier alpha value is -1.40. The van der Waals surface area contributed by atoms with Gasteiger partial charge in [0.1, 0.15) is 15.5 Å². The monoisotopic (exact) mass is 300 g/mol. The van der Waals surface area contributed by atoms with Gasteiger partial charge in [0, 0.05) is 12.3 Å². The predicted molar refractivity (Wildman–Crippen MR) is 75.4 cm³/mol. The molecule has 2 aromatic rings. The summed E-state index contributed by atoms with van der Waals surface area (Å²) in [6, 6.07) is 0. The maximum atomic E-state index is 12.0. The average molecular weight is 301 g/mol. The van der Waals surface area contributed by atoms with Crippen molar-refractivity contribution in [3.05, 3.63) is 26.6 Å². The normalized spacial score (nSPS) is 10.9. The number of hydrogen-bond donors (Lipinski definition) is 1. The van der Waals surface area contributed by atoms with Gasteiger partial charge in [0.05, 0.1) is 12.0 Å². The number of aromatic nitrogens is 2. The van der Waals surface area contributed by atoms with Crippen molar-refractivity contribution in [2.24, 2.45) is 0 Å². The molecule has 2 aromatic heterocycles. The highest BCUT2D eigenvalue weighted by molar-refractivity contribution is 7.20. The highest BCUT2D eigenvalue weighted by atomic mass is 35.5. The maximum Gasteiger partial charge on any atom is 0.348 e. The number of carbonyl (C=O) groups is 1. The summed E-state index contributed by atoms with van der Waals surface area (Å²) < 4.78 is 4.97. The minimum absolute atomic E-state index is 0.241. The fourth-order valence-corrected chi connectivity index (χ4v) is 3.06. The highest BCUT2D eigenvalue weighted by Gasteiger charge is 2.19. The summed E-state index contributed by atoms with van der Waals surface area (Å²) in [6.07, 6.45) is 0.485. The van der Waals surface area contributed by atoms with Gasteiger partial charge in [0.2, 0.25) is 0 Å². The third-order valence-electron chi connectivity index (χ3n) is 2.64. The number of nitrogens with one attached hydrogen (secondary N) is 1. The Bertz CT molecular complexity index is 677. The molecule has 0 atom stereocenters. The molecule has 102 valence electrons. The van der Waals surface area contributed by atoms with E-state index in [1.54, 1.807) is 13.8 Å². The number of thiophene rings is 1. The van der Waals surface area contributed by atoms with Crippen molar-refractivity contribution in [2.45, 2.75) is 20.3 Å². The molecule has 7 heteroatoms. The molecule has 19 heavy (non-hydrogen) atoms. The van der Waals surface area contributed by atoms with Crippen LogP contribution in [-0.4, -0.2) is 28.4 Å². The van der Waals surface area contributed by atoms with Gasteiger partial charge in [-0.1, -0.05) is 0 Å². The van der Waals surface area contributed by atoms with Gasteiger partial charge < -0.3 is 9.72 Å². The Labute approximate surface area is 118 Å². The highest BCUT2D eigenvalue weighted by Crippen LogP contribution is 2.27. The van der Waals surface area contributed by atoms with Gasteiger partial charge in [-0.25, -0.2) is 9.78 Å². The van der Waals surface area contributed by atoms with E-state index in [1.807, 2.05) is 0 Å². The SMILES string of the molecule is CCOC(=O)c1sc2nc(CCCl)[nH]c(=O)c2c1C. The van der Waals surface area contributed by atoms with E-state index in [4.69, 9.17) is 16.3 Å². The molecular formula is C12H13ClN2O3S. The number of halogens is 1. The van der Waals surface area contributed by atoms with Gasteiger partial charge in [-0.3, -0.25) is 4.79 Å². The quantitative estimate of drug-likeness (QED) is 0.694. The van der Waals surface area contributed by atoms with Crippen LogP contribution >= 0.6 is 22.9 Å². The number of H-pyrrole nitrogens is 1. The second-order valence-electron chi connectivity index (χ2n) is 3.91. The van der Waals surface area contributed by atoms with E-state index in [1.165, 1.54) is 11.3 Å². The molecule has 1 N–H and O–H groups in total. The first kappa shape index (κ1) is 14.0. The zero-order chi connectivity index (χ0) is 14.0. The molecule has 0 aromatic carbocycles. The molecule has 0 aliphatic heterocycles. The van der Waals surface area contributed by atoms with E-state index < -0.39 is 5.97 Å². The van der Waals surface area contributed by atoms with Crippen LogP contribution in [0.4, 0.5) is 0 Å². The lowest BCUT2D eigenvalue weighted by Gasteiger charge is -1.99. The Morgan fingerprint density at radius 3 is 2.89 bits per heavy atom. The Balaban J connectivity index is 2.59. The number of alkyl halides is 1. The molecule has 0 radical (unpaired) electrons. The molecule has 5 nitrogen and oxygen atoms in total. The number of rotatable bonds is 4. The van der Waals surface area contributed by atoms with Crippen LogP contribution in [0.15, 0.2) is 4.79 Å². The first-order chi connectivity index (χ1) is 9.08. The summed E-state index contributed by atoms with van der Waals surface area (Å²) >= 11 is 6.81. The van der Waals surface area contributed by atoms with E-state index in [-0.39, 0.29) is 5.56 Å². The maximum absolute atomic E-state index is 12.0. The summed E-state index contributed by atoms with van der Waals surface area (Å²) in [5.41, 5.74) is 0.374. The molecule has 0 saturated heterocycles.